The molecule has 0 saturated heterocycles. The number of rotatable bonds is 6. The van der Waals surface area contributed by atoms with E-state index in [2.05, 4.69) is 15.5 Å². The fourth-order valence-electron chi connectivity index (χ4n) is 2.26. The molecule has 2 aromatic carbocycles. The summed E-state index contributed by atoms with van der Waals surface area (Å²) in [4.78, 5) is 12.0. The number of carbonyl (C=O) groups is 1. The third-order valence-corrected chi connectivity index (χ3v) is 4.77. The van der Waals surface area contributed by atoms with Crippen LogP contribution in [-0.2, 0) is 10.5 Å². The van der Waals surface area contributed by atoms with Crippen LogP contribution in [0.15, 0.2) is 52.9 Å². The van der Waals surface area contributed by atoms with Gasteiger partial charge >= 0.3 is 6.01 Å². The van der Waals surface area contributed by atoms with Crippen LogP contribution in [0.1, 0.15) is 16.7 Å². The van der Waals surface area contributed by atoms with E-state index in [0.29, 0.717) is 11.6 Å². The number of nitrogens with one attached hydrogen (secondary N) is 1. The van der Waals surface area contributed by atoms with Crippen LogP contribution in [0.2, 0.25) is 0 Å². The molecule has 3 rings (SSSR count). The summed E-state index contributed by atoms with van der Waals surface area (Å²) in [5, 5.41) is 10.5. The lowest BCUT2D eigenvalue weighted by atomic mass is 10.1. The first kappa shape index (κ1) is 17.2. The van der Waals surface area contributed by atoms with Crippen molar-refractivity contribution >= 4 is 23.7 Å². The van der Waals surface area contributed by atoms with Crippen LogP contribution < -0.4 is 5.32 Å². The van der Waals surface area contributed by atoms with Crippen LogP contribution >= 0.6 is 11.8 Å². The Morgan fingerprint density at radius 3 is 2.64 bits per heavy atom. The van der Waals surface area contributed by atoms with Gasteiger partial charge in [-0.3, -0.25) is 10.1 Å². The topological polar surface area (TPSA) is 68.0 Å². The second-order valence-electron chi connectivity index (χ2n) is 5.74. The Morgan fingerprint density at radius 2 is 1.88 bits per heavy atom. The fourth-order valence-corrected chi connectivity index (χ4v) is 3.04. The molecule has 1 N–H and O–H groups in total. The Kier molecular flexibility index (Phi) is 5.50. The maximum atomic E-state index is 12.0. The van der Waals surface area contributed by atoms with Gasteiger partial charge in [-0.2, -0.15) is 0 Å². The van der Waals surface area contributed by atoms with Crippen molar-refractivity contribution in [2.75, 3.05) is 11.1 Å². The maximum absolute atomic E-state index is 12.0. The molecule has 0 atom stereocenters. The molecule has 1 heterocycles. The predicted octanol–water partition coefficient (Wildman–Crippen LogP) is 4.23. The van der Waals surface area contributed by atoms with Gasteiger partial charge < -0.3 is 4.42 Å². The number of anilines is 1. The largest absolute Gasteiger partial charge is 0.403 e. The van der Waals surface area contributed by atoms with Crippen LogP contribution in [0.5, 0.6) is 0 Å². The van der Waals surface area contributed by atoms with Gasteiger partial charge in [-0.05, 0) is 42.7 Å². The highest BCUT2D eigenvalue weighted by Gasteiger charge is 2.12. The molecule has 0 saturated carbocycles. The summed E-state index contributed by atoms with van der Waals surface area (Å²) in [5.41, 5.74) is 4.38. The zero-order chi connectivity index (χ0) is 17.6. The van der Waals surface area contributed by atoms with E-state index in [-0.39, 0.29) is 11.9 Å². The van der Waals surface area contributed by atoms with Crippen LogP contribution in [0.3, 0.4) is 0 Å². The lowest BCUT2D eigenvalue weighted by molar-refractivity contribution is -0.113. The molecule has 0 bridgehead atoms. The molecule has 0 spiro atoms. The Morgan fingerprint density at radius 1 is 1.08 bits per heavy atom. The second-order valence-corrected chi connectivity index (χ2v) is 6.72. The molecular formula is C19H19N3O2S. The molecule has 3 aromatic rings. The SMILES string of the molecule is Cc1ccc(-c2nnc(NC(=O)CSCc3ccccc3)o2)cc1C. The van der Waals surface area contributed by atoms with Crippen molar-refractivity contribution in [3.63, 3.8) is 0 Å². The highest BCUT2D eigenvalue weighted by molar-refractivity contribution is 7.99. The monoisotopic (exact) mass is 353 g/mol. The summed E-state index contributed by atoms with van der Waals surface area (Å²) in [7, 11) is 0. The Bertz CT molecular complexity index is 862. The third-order valence-electron chi connectivity index (χ3n) is 3.77. The summed E-state index contributed by atoms with van der Waals surface area (Å²) in [6.45, 7) is 4.08. The van der Waals surface area contributed by atoms with Crippen molar-refractivity contribution in [3.8, 4) is 11.5 Å². The van der Waals surface area contributed by atoms with E-state index >= 15 is 0 Å². The minimum atomic E-state index is -0.156. The summed E-state index contributed by atoms with van der Waals surface area (Å²) in [6, 6.07) is 16.1. The molecule has 0 fully saturated rings. The first-order valence-corrected chi connectivity index (χ1v) is 9.10. The standard InChI is InChI=1S/C19H19N3O2S/c1-13-8-9-16(10-14(13)2)18-21-22-19(24-18)20-17(23)12-25-11-15-6-4-3-5-7-15/h3-10H,11-12H2,1-2H3,(H,20,22,23). The summed E-state index contributed by atoms with van der Waals surface area (Å²) in [6.07, 6.45) is 0. The van der Waals surface area contributed by atoms with E-state index in [1.54, 1.807) is 0 Å². The minimum absolute atomic E-state index is 0.124. The normalized spacial score (nSPS) is 10.6. The average Bonchev–Trinajstić information content (AvgIpc) is 3.06. The first-order valence-electron chi connectivity index (χ1n) is 7.94. The summed E-state index contributed by atoms with van der Waals surface area (Å²) < 4.78 is 5.54. The van der Waals surface area contributed by atoms with Gasteiger partial charge in [0.2, 0.25) is 11.8 Å². The minimum Gasteiger partial charge on any atom is -0.403 e. The van der Waals surface area contributed by atoms with Crippen molar-refractivity contribution in [3.05, 3.63) is 65.2 Å². The molecule has 0 aliphatic carbocycles. The summed E-state index contributed by atoms with van der Waals surface area (Å²) in [5.74, 6) is 1.36. The van der Waals surface area contributed by atoms with Crippen molar-refractivity contribution in [1.82, 2.24) is 10.2 Å². The van der Waals surface area contributed by atoms with Gasteiger partial charge in [-0.25, -0.2) is 0 Å². The number of hydrogen-bond acceptors (Lipinski definition) is 5. The molecule has 5 nitrogen and oxygen atoms in total. The number of aryl methyl sites for hydroxylation is 2. The third kappa shape index (κ3) is 4.70. The Balaban J connectivity index is 1.54. The molecule has 1 amide bonds. The first-order chi connectivity index (χ1) is 12.1. The highest BCUT2D eigenvalue weighted by atomic mass is 32.2. The molecule has 128 valence electrons. The van der Waals surface area contributed by atoms with Crippen molar-refractivity contribution in [2.24, 2.45) is 0 Å². The van der Waals surface area contributed by atoms with E-state index < -0.39 is 0 Å². The zero-order valence-electron chi connectivity index (χ0n) is 14.2. The van der Waals surface area contributed by atoms with Crippen molar-refractivity contribution in [1.29, 1.82) is 0 Å². The molecule has 0 aliphatic heterocycles. The van der Waals surface area contributed by atoms with Gasteiger partial charge in [-0.15, -0.1) is 16.9 Å². The van der Waals surface area contributed by atoms with Crippen molar-refractivity contribution in [2.45, 2.75) is 19.6 Å². The molecule has 0 aliphatic rings. The van der Waals surface area contributed by atoms with Gasteiger partial charge in [0.15, 0.2) is 0 Å². The quantitative estimate of drug-likeness (QED) is 0.718. The molecule has 0 unspecified atom stereocenters. The maximum Gasteiger partial charge on any atom is 0.322 e. The van der Waals surface area contributed by atoms with Crippen molar-refractivity contribution < 1.29 is 9.21 Å². The number of thioether (sulfide) groups is 1. The lowest BCUT2D eigenvalue weighted by Crippen LogP contribution is -2.14. The average molecular weight is 353 g/mol. The van der Waals surface area contributed by atoms with E-state index in [0.717, 1.165) is 16.9 Å². The van der Waals surface area contributed by atoms with Gasteiger partial charge in [0.05, 0.1) is 5.75 Å². The molecular weight excluding hydrogens is 334 g/mol. The van der Waals surface area contributed by atoms with E-state index in [4.69, 9.17) is 4.42 Å². The number of carbonyl (C=O) groups excluding carboxylic acids is 1. The second kappa shape index (κ2) is 7.98. The molecule has 25 heavy (non-hydrogen) atoms. The van der Waals surface area contributed by atoms with E-state index in [1.165, 1.54) is 22.9 Å². The number of aromatic nitrogens is 2. The molecule has 0 radical (unpaired) electrons. The van der Waals surface area contributed by atoms with Crippen LogP contribution in [-0.4, -0.2) is 21.9 Å². The van der Waals surface area contributed by atoms with E-state index in [9.17, 15) is 4.79 Å². The van der Waals surface area contributed by atoms with Gasteiger partial charge in [0.1, 0.15) is 0 Å². The van der Waals surface area contributed by atoms with E-state index in [1.807, 2.05) is 62.4 Å². The van der Waals surface area contributed by atoms with Gasteiger partial charge in [-0.1, -0.05) is 41.5 Å². The predicted molar refractivity (Wildman–Crippen MR) is 100 cm³/mol. The molecule has 6 heteroatoms. The zero-order valence-corrected chi connectivity index (χ0v) is 15.0. The smallest absolute Gasteiger partial charge is 0.322 e. The number of amides is 1. The number of hydrogen-bond donors (Lipinski definition) is 1. The number of benzene rings is 2. The van der Waals surface area contributed by atoms with Crippen LogP contribution in [0.4, 0.5) is 6.01 Å². The number of nitrogens with zero attached hydrogens (tertiary/aromatic N) is 2. The Labute approximate surface area is 150 Å². The fraction of sp³-hybridized carbons (Fsp3) is 0.211. The Hall–Kier alpha value is -2.60. The van der Waals surface area contributed by atoms with Gasteiger partial charge in [0, 0.05) is 11.3 Å². The van der Waals surface area contributed by atoms with Crippen LogP contribution in [0, 0.1) is 13.8 Å². The van der Waals surface area contributed by atoms with Gasteiger partial charge in [0.25, 0.3) is 0 Å². The summed E-state index contributed by atoms with van der Waals surface area (Å²) >= 11 is 1.54. The molecule has 1 aromatic heterocycles. The highest BCUT2D eigenvalue weighted by Crippen LogP contribution is 2.22. The lowest BCUT2D eigenvalue weighted by Gasteiger charge is -2.02. The van der Waals surface area contributed by atoms with Crippen LogP contribution in [0.25, 0.3) is 11.5 Å².